The molecule has 3 rings (SSSR count). The lowest BCUT2D eigenvalue weighted by Gasteiger charge is -2.41. The monoisotopic (exact) mass is 220 g/mol. The van der Waals surface area contributed by atoms with Gasteiger partial charge in [-0.15, -0.1) is 0 Å². The van der Waals surface area contributed by atoms with Crippen molar-refractivity contribution < 1.29 is 4.52 Å². The predicted octanol–water partition coefficient (Wildman–Crippen LogP) is 2.62. The van der Waals surface area contributed by atoms with Crippen LogP contribution in [0.1, 0.15) is 49.5 Å². The van der Waals surface area contributed by atoms with Crippen LogP contribution in [-0.2, 0) is 0 Å². The zero-order valence-corrected chi connectivity index (χ0v) is 9.91. The number of nitrogens with zero attached hydrogens (tertiary/aromatic N) is 1. The molecule has 1 N–H and O–H groups in total. The summed E-state index contributed by atoms with van der Waals surface area (Å²) in [5.41, 5.74) is 1.01. The molecular weight excluding hydrogens is 200 g/mol. The van der Waals surface area contributed by atoms with Gasteiger partial charge in [0, 0.05) is 18.0 Å². The Hall–Kier alpha value is -0.830. The summed E-state index contributed by atoms with van der Waals surface area (Å²) >= 11 is 0. The molecule has 1 aliphatic carbocycles. The molecule has 0 spiro atoms. The molecule has 1 aromatic rings. The zero-order chi connectivity index (χ0) is 11.0. The number of nitrogens with one attached hydrogen (secondary N) is 1. The highest BCUT2D eigenvalue weighted by Gasteiger charge is 2.37. The van der Waals surface area contributed by atoms with E-state index in [-0.39, 0.29) is 0 Å². The van der Waals surface area contributed by atoms with E-state index in [1.165, 1.54) is 38.6 Å². The smallest absolute Gasteiger partial charge is 0.141 e. The lowest BCUT2D eigenvalue weighted by molar-refractivity contribution is 0.166. The van der Waals surface area contributed by atoms with E-state index >= 15 is 0 Å². The highest BCUT2D eigenvalue weighted by atomic mass is 16.5. The SMILES string of the molecule is Cc1cc(C2CCC[C@@H]3CCCN[C@H]23)on1. The summed E-state index contributed by atoms with van der Waals surface area (Å²) in [6, 6.07) is 2.75. The Kier molecular flexibility index (Phi) is 2.72. The molecule has 2 aliphatic rings. The number of fused-ring (bicyclic) bond motifs is 1. The van der Waals surface area contributed by atoms with E-state index < -0.39 is 0 Å². The Morgan fingerprint density at radius 2 is 2.19 bits per heavy atom. The maximum Gasteiger partial charge on any atom is 0.141 e. The van der Waals surface area contributed by atoms with Crippen LogP contribution in [0.25, 0.3) is 0 Å². The number of aryl methyl sites for hydroxylation is 1. The van der Waals surface area contributed by atoms with Gasteiger partial charge in [0.15, 0.2) is 0 Å². The minimum Gasteiger partial charge on any atom is -0.361 e. The van der Waals surface area contributed by atoms with Crippen LogP contribution in [-0.4, -0.2) is 17.7 Å². The average Bonchev–Trinajstić information content (AvgIpc) is 2.75. The molecule has 2 heterocycles. The van der Waals surface area contributed by atoms with Crippen LogP contribution < -0.4 is 5.32 Å². The van der Waals surface area contributed by atoms with Gasteiger partial charge in [-0.05, 0) is 45.1 Å². The summed E-state index contributed by atoms with van der Waals surface area (Å²) in [6.07, 6.45) is 6.71. The summed E-state index contributed by atoms with van der Waals surface area (Å²) in [7, 11) is 0. The second-order valence-electron chi connectivity index (χ2n) is 5.29. The molecular formula is C13H20N2O. The van der Waals surface area contributed by atoms with Crippen molar-refractivity contribution in [2.45, 2.75) is 51.0 Å². The van der Waals surface area contributed by atoms with Crippen molar-refractivity contribution in [2.24, 2.45) is 5.92 Å². The molecule has 1 aromatic heterocycles. The molecule has 1 unspecified atom stereocenters. The quantitative estimate of drug-likeness (QED) is 0.790. The van der Waals surface area contributed by atoms with Crippen LogP contribution in [0.15, 0.2) is 10.6 Å². The van der Waals surface area contributed by atoms with Crippen LogP contribution in [0.5, 0.6) is 0 Å². The Morgan fingerprint density at radius 1 is 1.31 bits per heavy atom. The molecule has 2 fully saturated rings. The number of hydrogen-bond donors (Lipinski definition) is 1. The first-order chi connectivity index (χ1) is 7.84. The number of hydrogen-bond acceptors (Lipinski definition) is 3. The summed E-state index contributed by atoms with van der Waals surface area (Å²) in [4.78, 5) is 0. The molecule has 0 amide bonds. The van der Waals surface area contributed by atoms with Gasteiger partial charge in [-0.25, -0.2) is 0 Å². The Balaban J connectivity index is 1.82. The molecule has 88 valence electrons. The second kappa shape index (κ2) is 4.21. The predicted molar refractivity (Wildman–Crippen MR) is 62.3 cm³/mol. The average molecular weight is 220 g/mol. The Morgan fingerprint density at radius 3 is 3.00 bits per heavy atom. The van der Waals surface area contributed by atoms with Crippen LogP contribution in [0.4, 0.5) is 0 Å². The van der Waals surface area contributed by atoms with Crippen molar-refractivity contribution >= 4 is 0 Å². The van der Waals surface area contributed by atoms with Crippen molar-refractivity contribution in [3.05, 3.63) is 17.5 Å². The maximum absolute atomic E-state index is 5.46. The number of rotatable bonds is 1. The molecule has 1 saturated carbocycles. The fourth-order valence-corrected chi connectivity index (χ4v) is 3.43. The molecule has 3 atom stereocenters. The molecule has 16 heavy (non-hydrogen) atoms. The maximum atomic E-state index is 5.46. The van der Waals surface area contributed by atoms with Gasteiger partial charge in [-0.3, -0.25) is 0 Å². The van der Waals surface area contributed by atoms with Crippen LogP contribution >= 0.6 is 0 Å². The minimum absolute atomic E-state index is 0.556. The van der Waals surface area contributed by atoms with E-state index in [1.807, 2.05) is 6.92 Å². The van der Waals surface area contributed by atoms with Crippen molar-refractivity contribution in [1.29, 1.82) is 0 Å². The topological polar surface area (TPSA) is 38.1 Å². The van der Waals surface area contributed by atoms with Crippen molar-refractivity contribution in [3.63, 3.8) is 0 Å². The van der Waals surface area contributed by atoms with E-state index in [4.69, 9.17) is 4.52 Å². The van der Waals surface area contributed by atoms with E-state index in [9.17, 15) is 0 Å². The van der Waals surface area contributed by atoms with E-state index in [1.54, 1.807) is 0 Å². The fraction of sp³-hybridized carbons (Fsp3) is 0.769. The second-order valence-corrected chi connectivity index (χ2v) is 5.29. The molecule has 3 heteroatoms. The molecule has 3 nitrogen and oxygen atoms in total. The third-order valence-electron chi connectivity index (χ3n) is 4.17. The normalized spacial score (nSPS) is 34.7. The summed E-state index contributed by atoms with van der Waals surface area (Å²) in [5.74, 6) is 2.51. The lowest BCUT2D eigenvalue weighted by atomic mass is 9.72. The Bertz CT molecular complexity index is 359. The largest absolute Gasteiger partial charge is 0.361 e. The standard InChI is InChI=1S/C13H20N2O/c1-9-8-12(16-15-9)11-6-2-4-10-5-3-7-14-13(10)11/h8,10-11,13-14H,2-7H2,1H3/t10-,11?,13+/m1/s1. The third-order valence-corrected chi connectivity index (χ3v) is 4.17. The van der Waals surface area contributed by atoms with Crippen LogP contribution in [0.2, 0.25) is 0 Å². The third kappa shape index (κ3) is 1.77. The zero-order valence-electron chi connectivity index (χ0n) is 9.91. The van der Waals surface area contributed by atoms with Gasteiger partial charge >= 0.3 is 0 Å². The molecule has 0 aromatic carbocycles. The summed E-state index contributed by atoms with van der Waals surface area (Å²) in [5, 5.41) is 7.72. The van der Waals surface area contributed by atoms with E-state index in [0.717, 1.165) is 17.4 Å². The molecule has 1 saturated heterocycles. The van der Waals surface area contributed by atoms with Gasteiger partial charge in [-0.1, -0.05) is 11.6 Å². The molecule has 1 aliphatic heterocycles. The summed E-state index contributed by atoms with van der Waals surface area (Å²) < 4.78 is 5.46. The van der Waals surface area contributed by atoms with Gasteiger partial charge in [0.05, 0.1) is 5.69 Å². The van der Waals surface area contributed by atoms with Gasteiger partial charge in [0.2, 0.25) is 0 Å². The van der Waals surface area contributed by atoms with Crippen LogP contribution in [0.3, 0.4) is 0 Å². The van der Waals surface area contributed by atoms with Gasteiger partial charge in [0.25, 0.3) is 0 Å². The van der Waals surface area contributed by atoms with Gasteiger partial charge < -0.3 is 9.84 Å². The van der Waals surface area contributed by atoms with Crippen LogP contribution in [0, 0.1) is 12.8 Å². The Labute approximate surface area is 96.6 Å². The van der Waals surface area contributed by atoms with Crippen molar-refractivity contribution in [3.8, 4) is 0 Å². The first kappa shape index (κ1) is 10.3. The lowest BCUT2D eigenvalue weighted by Crippen LogP contribution is -2.47. The van der Waals surface area contributed by atoms with E-state index in [0.29, 0.717) is 12.0 Å². The van der Waals surface area contributed by atoms with Crippen molar-refractivity contribution in [2.75, 3.05) is 6.54 Å². The van der Waals surface area contributed by atoms with Gasteiger partial charge in [-0.2, -0.15) is 0 Å². The highest BCUT2D eigenvalue weighted by Crippen LogP contribution is 2.40. The molecule has 0 bridgehead atoms. The summed E-state index contributed by atoms with van der Waals surface area (Å²) in [6.45, 7) is 3.17. The molecule has 0 radical (unpaired) electrons. The highest BCUT2D eigenvalue weighted by molar-refractivity contribution is 5.13. The van der Waals surface area contributed by atoms with Crippen molar-refractivity contribution in [1.82, 2.24) is 10.5 Å². The van der Waals surface area contributed by atoms with Gasteiger partial charge in [0.1, 0.15) is 5.76 Å². The first-order valence-corrected chi connectivity index (χ1v) is 6.51. The number of aromatic nitrogens is 1. The first-order valence-electron chi connectivity index (χ1n) is 6.51. The minimum atomic E-state index is 0.556. The fourth-order valence-electron chi connectivity index (χ4n) is 3.43. The van der Waals surface area contributed by atoms with E-state index in [2.05, 4.69) is 16.5 Å². The number of piperidine rings is 1.